The lowest BCUT2D eigenvalue weighted by molar-refractivity contribution is 0.319. The molecule has 0 N–H and O–H groups in total. The second-order valence-electron chi connectivity index (χ2n) is 5.90. The van der Waals surface area contributed by atoms with Crippen LogP contribution in [-0.4, -0.2) is 33.5 Å². The van der Waals surface area contributed by atoms with Crippen molar-refractivity contribution in [3.05, 3.63) is 52.5 Å². The maximum Gasteiger partial charge on any atom is 0.243 e. The number of ether oxygens (including phenoxy) is 2. The molecule has 0 saturated carbocycles. The van der Waals surface area contributed by atoms with E-state index in [-0.39, 0.29) is 10.9 Å². The summed E-state index contributed by atoms with van der Waals surface area (Å²) in [5.74, 6) is 1.25. The van der Waals surface area contributed by atoms with Gasteiger partial charge in [0.05, 0.1) is 19.1 Å². The summed E-state index contributed by atoms with van der Waals surface area (Å²) in [5.41, 5.74) is 2.01. The van der Waals surface area contributed by atoms with Crippen LogP contribution in [0.25, 0.3) is 0 Å². The molecule has 5 nitrogen and oxygen atoms in total. The number of hydrogen-bond donors (Lipinski definition) is 0. The van der Waals surface area contributed by atoms with Gasteiger partial charge in [-0.3, -0.25) is 0 Å². The van der Waals surface area contributed by atoms with Crippen LogP contribution in [0.4, 0.5) is 0 Å². The van der Waals surface area contributed by atoms with Crippen LogP contribution in [0.5, 0.6) is 11.5 Å². The smallest absolute Gasteiger partial charge is 0.243 e. The topological polar surface area (TPSA) is 55.8 Å². The minimum atomic E-state index is -3.60. The maximum atomic E-state index is 13.0. The molecule has 0 radical (unpaired) electrons. The van der Waals surface area contributed by atoms with Crippen molar-refractivity contribution in [2.75, 3.05) is 20.8 Å². The van der Waals surface area contributed by atoms with Crippen molar-refractivity contribution >= 4 is 21.6 Å². The molecule has 1 heterocycles. The van der Waals surface area contributed by atoms with Gasteiger partial charge >= 0.3 is 0 Å². The van der Waals surface area contributed by atoms with Gasteiger partial charge in [-0.15, -0.1) is 0 Å². The molecule has 2 aromatic carbocycles. The van der Waals surface area contributed by atoms with Gasteiger partial charge < -0.3 is 9.47 Å². The highest BCUT2D eigenvalue weighted by Gasteiger charge is 2.34. The number of nitrogens with zero attached hydrogens (tertiary/aromatic N) is 1. The van der Waals surface area contributed by atoms with Crippen LogP contribution < -0.4 is 9.47 Å². The number of hydrogen-bond acceptors (Lipinski definition) is 4. The molecular formula is C18H20ClNO4S. The number of benzene rings is 2. The average Bonchev–Trinajstić information content (AvgIpc) is 2.61. The summed E-state index contributed by atoms with van der Waals surface area (Å²) in [6, 6.07) is 9.74. The van der Waals surface area contributed by atoms with E-state index < -0.39 is 10.0 Å². The summed E-state index contributed by atoms with van der Waals surface area (Å²) in [6.45, 7) is 2.30. The molecule has 0 aliphatic carbocycles. The Hall–Kier alpha value is -1.76. The van der Waals surface area contributed by atoms with Gasteiger partial charge in [-0.25, -0.2) is 8.42 Å². The molecule has 0 aromatic heterocycles. The van der Waals surface area contributed by atoms with Crippen LogP contribution >= 0.6 is 11.6 Å². The van der Waals surface area contributed by atoms with E-state index in [1.165, 1.54) is 16.4 Å². The standard InChI is InChI=1S/C18H20ClNO4S/c1-12-16-11-18(24-3)17(23-2)10-13(16)8-9-20(12)25(21,22)15-6-4-14(19)5-7-15/h4-7,10-12H,8-9H2,1-3H3/t12-/m1/s1. The van der Waals surface area contributed by atoms with Crippen molar-refractivity contribution in [2.45, 2.75) is 24.3 Å². The molecule has 0 saturated heterocycles. The van der Waals surface area contributed by atoms with Crippen molar-refractivity contribution in [3.63, 3.8) is 0 Å². The Balaban J connectivity index is 2.01. The summed E-state index contributed by atoms with van der Waals surface area (Å²) >= 11 is 5.87. The van der Waals surface area contributed by atoms with E-state index in [2.05, 4.69) is 0 Å². The van der Waals surface area contributed by atoms with Gasteiger partial charge in [0, 0.05) is 17.6 Å². The molecule has 1 aliphatic rings. The molecule has 0 bridgehead atoms. The zero-order valence-corrected chi connectivity index (χ0v) is 15.9. The monoisotopic (exact) mass is 381 g/mol. The lowest BCUT2D eigenvalue weighted by Gasteiger charge is -2.34. The Kier molecular flexibility index (Phi) is 4.95. The lowest BCUT2D eigenvalue weighted by Crippen LogP contribution is -2.38. The van der Waals surface area contributed by atoms with Crippen LogP contribution in [0.3, 0.4) is 0 Å². The first-order valence-electron chi connectivity index (χ1n) is 7.90. The van der Waals surface area contributed by atoms with Gasteiger partial charge in [0.2, 0.25) is 10.0 Å². The number of fused-ring (bicyclic) bond motifs is 1. The Morgan fingerprint density at radius 3 is 2.28 bits per heavy atom. The summed E-state index contributed by atoms with van der Waals surface area (Å²) in [4.78, 5) is 0.243. The van der Waals surface area contributed by atoms with Crippen molar-refractivity contribution in [3.8, 4) is 11.5 Å². The van der Waals surface area contributed by atoms with Crippen LogP contribution in [-0.2, 0) is 16.4 Å². The molecule has 3 rings (SSSR count). The fourth-order valence-electron chi connectivity index (χ4n) is 3.19. The third kappa shape index (κ3) is 3.21. The molecule has 0 unspecified atom stereocenters. The van der Waals surface area contributed by atoms with Gasteiger partial charge in [-0.05, 0) is 60.9 Å². The van der Waals surface area contributed by atoms with Gasteiger partial charge in [0.15, 0.2) is 11.5 Å². The van der Waals surface area contributed by atoms with Crippen LogP contribution in [0, 0.1) is 0 Å². The SMILES string of the molecule is COc1cc2c(cc1OC)[C@@H](C)N(S(=O)(=O)c1ccc(Cl)cc1)CC2. The predicted octanol–water partition coefficient (Wildman–Crippen LogP) is 3.67. The maximum absolute atomic E-state index is 13.0. The molecule has 0 spiro atoms. The largest absolute Gasteiger partial charge is 0.493 e. The Morgan fingerprint density at radius 1 is 1.08 bits per heavy atom. The van der Waals surface area contributed by atoms with Crippen molar-refractivity contribution < 1.29 is 17.9 Å². The Bertz CT molecular complexity index is 881. The molecule has 0 amide bonds. The number of rotatable bonds is 4. The van der Waals surface area contributed by atoms with Gasteiger partial charge in [-0.2, -0.15) is 4.31 Å². The number of methoxy groups -OCH3 is 2. The highest BCUT2D eigenvalue weighted by atomic mass is 35.5. The zero-order valence-electron chi connectivity index (χ0n) is 14.3. The molecule has 7 heteroatoms. The second-order valence-corrected chi connectivity index (χ2v) is 8.23. The van der Waals surface area contributed by atoms with E-state index in [0.717, 1.165) is 11.1 Å². The highest BCUT2D eigenvalue weighted by Crippen LogP contribution is 2.39. The molecule has 134 valence electrons. The summed E-state index contributed by atoms with van der Waals surface area (Å²) in [6.07, 6.45) is 0.618. The first-order valence-corrected chi connectivity index (χ1v) is 9.72. The summed E-state index contributed by atoms with van der Waals surface area (Å²) in [7, 11) is -0.443. The molecule has 0 fully saturated rings. The third-order valence-electron chi connectivity index (χ3n) is 4.55. The number of halogens is 1. The molecular weight excluding hydrogens is 362 g/mol. The normalized spacial score (nSPS) is 17.8. The summed E-state index contributed by atoms with van der Waals surface area (Å²) < 4.78 is 38.3. The first-order chi connectivity index (χ1) is 11.9. The van der Waals surface area contributed by atoms with E-state index in [1.54, 1.807) is 26.4 Å². The fourth-order valence-corrected chi connectivity index (χ4v) is 4.93. The van der Waals surface area contributed by atoms with E-state index in [9.17, 15) is 8.42 Å². The quantitative estimate of drug-likeness (QED) is 0.810. The van der Waals surface area contributed by atoms with E-state index >= 15 is 0 Å². The van der Waals surface area contributed by atoms with Crippen molar-refractivity contribution in [2.24, 2.45) is 0 Å². The Labute approximate surface area is 153 Å². The predicted molar refractivity (Wildman–Crippen MR) is 97.0 cm³/mol. The zero-order chi connectivity index (χ0) is 18.2. The number of sulfonamides is 1. The van der Waals surface area contributed by atoms with Gasteiger partial charge in [-0.1, -0.05) is 11.6 Å². The van der Waals surface area contributed by atoms with Crippen LogP contribution in [0.15, 0.2) is 41.3 Å². The van der Waals surface area contributed by atoms with E-state index in [0.29, 0.717) is 29.5 Å². The van der Waals surface area contributed by atoms with E-state index in [1.807, 2.05) is 19.1 Å². The molecule has 1 aliphatic heterocycles. The average molecular weight is 382 g/mol. The Morgan fingerprint density at radius 2 is 1.68 bits per heavy atom. The minimum absolute atomic E-state index is 0.243. The fraction of sp³-hybridized carbons (Fsp3) is 0.333. The van der Waals surface area contributed by atoms with Crippen molar-refractivity contribution in [1.82, 2.24) is 4.31 Å². The molecule has 25 heavy (non-hydrogen) atoms. The van der Waals surface area contributed by atoms with Gasteiger partial charge in [0.25, 0.3) is 0 Å². The van der Waals surface area contributed by atoms with Crippen LogP contribution in [0.2, 0.25) is 5.02 Å². The minimum Gasteiger partial charge on any atom is -0.493 e. The van der Waals surface area contributed by atoms with E-state index in [4.69, 9.17) is 21.1 Å². The van der Waals surface area contributed by atoms with Crippen molar-refractivity contribution in [1.29, 1.82) is 0 Å². The molecule has 2 aromatic rings. The highest BCUT2D eigenvalue weighted by molar-refractivity contribution is 7.89. The van der Waals surface area contributed by atoms with Gasteiger partial charge in [0.1, 0.15) is 0 Å². The van der Waals surface area contributed by atoms with Crippen LogP contribution in [0.1, 0.15) is 24.1 Å². The third-order valence-corrected chi connectivity index (χ3v) is 6.79. The summed E-state index contributed by atoms with van der Waals surface area (Å²) in [5, 5.41) is 0.507. The second kappa shape index (κ2) is 6.86. The molecule has 1 atom stereocenters. The lowest BCUT2D eigenvalue weighted by atomic mass is 9.94. The first kappa shape index (κ1) is 18.0.